The standard InChI is InChI=1S/C42H28IN/c43-33-20-14-30(15-21-33)32-18-24-35(25-19-32)44(34-22-16-31(17-23-34)29-8-2-1-3-9-29)36-26-27-41-39-12-5-4-10-37(39)38-11-6-7-13-40(38)42(41)28-36/h1-28H. The van der Waals surface area contributed by atoms with Gasteiger partial charge >= 0.3 is 0 Å². The molecule has 0 N–H and O–H groups in total. The molecular formula is C42H28IN. The van der Waals surface area contributed by atoms with Crippen molar-refractivity contribution in [1.29, 1.82) is 0 Å². The predicted octanol–water partition coefficient (Wildman–Crippen LogP) is 12.6. The van der Waals surface area contributed by atoms with Gasteiger partial charge in [-0.25, -0.2) is 0 Å². The molecule has 8 rings (SSSR count). The minimum Gasteiger partial charge on any atom is -0.310 e. The summed E-state index contributed by atoms with van der Waals surface area (Å²) in [5.74, 6) is 0. The number of nitrogens with zero attached hydrogens (tertiary/aromatic N) is 1. The van der Waals surface area contributed by atoms with Crippen LogP contribution in [-0.4, -0.2) is 0 Å². The predicted molar refractivity (Wildman–Crippen MR) is 197 cm³/mol. The summed E-state index contributed by atoms with van der Waals surface area (Å²) >= 11 is 2.36. The summed E-state index contributed by atoms with van der Waals surface area (Å²) in [6.45, 7) is 0. The molecule has 0 unspecified atom stereocenters. The van der Waals surface area contributed by atoms with E-state index in [2.05, 4.69) is 197 Å². The third kappa shape index (κ3) is 4.82. The molecule has 0 aliphatic heterocycles. The van der Waals surface area contributed by atoms with Gasteiger partial charge in [0.05, 0.1) is 0 Å². The van der Waals surface area contributed by atoms with Crippen molar-refractivity contribution in [2.45, 2.75) is 0 Å². The molecule has 208 valence electrons. The van der Waals surface area contributed by atoms with Gasteiger partial charge in [-0.2, -0.15) is 0 Å². The monoisotopic (exact) mass is 673 g/mol. The maximum absolute atomic E-state index is 2.37. The second-order valence-corrected chi connectivity index (χ2v) is 12.4. The molecule has 0 bridgehead atoms. The SMILES string of the molecule is Ic1ccc(-c2ccc(N(c3ccc(-c4ccccc4)cc3)c3ccc4c5ccccc5c5ccccc5c4c3)cc2)cc1. The van der Waals surface area contributed by atoms with Gasteiger partial charge in [-0.3, -0.25) is 0 Å². The van der Waals surface area contributed by atoms with Gasteiger partial charge in [0.25, 0.3) is 0 Å². The number of anilines is 3. The van der Waals surface area contributed by atoms with Crippen molar-refractivity contribution in [3.05, 3.63) is 173 Å². The summed E-state index contributed by atoms with van der Waals surface area (Å²) in [4.78, 5) is 2.37. The average molecular weight is 674 g/mol. The van der Waals surface area contributed by atoms with Gasteiger partial charge in [-0.1, -0.05) is 121 Å². The number of hydrogen-bond donors (Lipinski definition) is 0. The summed E-state index contributed by atoms with van der Waals surface area (Å²) in [6.07, 6.45) is 0. The molecule has 0 spiro atoms. The molecule has 0 saturated carbocycles. The maximum atomic E-state index is 2.37. The quantitative estimate of drug-likeness (QED) is 0.130. The van der Waals surface area contributed by atoms with E-state index in [4.69, 9.17) is 0 Å². The molecule has 0 atom stereocenters. The molecule has 8 aromatic carbocycles. The van der Waals surface area contributed by atoms with E-state index < -0.39 is 0 Å². The van der Waals surface area contributed by atoms with Crippen LogP contribution in [0.3, 0.4) is 0 Å². The van der Waals surface area contributed by atoms with Gasteiger partial charge in [0.15, 0.2) is 0 Å². The maximum Gasteiger partial charge on any atom is 0.0468 e. The molecular weight excluding hydrogens is 645 g/mol. The molecule has 44 heavy (non-hydrogen) atoms. The smallest absolute Gasteiger partial charge is 0.0468 e. The molecule has 0 amide bonds. The fraction of sp³-hybridized carbons (Fsp3) is 0. The first-order valence-electron chi connectivity index (χ1n) is 14.9. The first-order valence-corrected chi connectivity index (χ1v) is 16.0. The highest BCUT2D eigenvalue weighted by molar-refractivity contribution is 14.1. The second-order valence-electron chi connectivity index (χ2n) is 11.1. The Morgan fingerprint density at radius 3 is 1.16 bits per heavy atom. The zero-order valence-electron chi connectivity index (χ0n) is 24.0. The van der Waals surface area contributed by atoms with E-state index in [0.717, 1.165) is 17.1 Å². The summed E-state index contributed by atoms with van der Waals surface area (Å²) in [5.41, 5.74) is 8.23. The zero-order valence-corrected chi connectivity index (χ0v) is 26.1. The van der Waals surface area contributed by atoms with Crippen LogP contribution >= 0.6 is 22.6 Å². The van der Waals surface area contributed by atoms with Crippen molar-refractivity contribution in [1.82, 2.24) is 0 Å². The lowest BCUT2D eigenvalue weighted by Crippen LogP contribution is -2.10. The summed E-state index contributed by atoms with van der Waals surface area (Å²) in [5, 5.41) is 7.68. The van der Waals surface area contributed by atoms with Crippen LogP contribution in [-0.2, 0) is 0 Å². The van der Waals surface area contributed by atoms with E-state index in [9.17, 15) is 0 Å². The Morgan fingerprint density at radius 1 is 0.295 bits per heavy atom. The van der Waals surface area contributed by atoms with Crippen molar-refractivity contribution in [2.75, 3.05) is 4.90 Å². The average Bonchev–Trinajstić information content (AvgIpc) is 3.10. The Morgan fingerprint density at radius 2 is 0.659 bits per heavy atom. The Balaban J connectivity index is 1.30. The third-order valence-corrected chi connectivity index (χ3v) is 9.24. The number of hydrogen-bond acceptors (Lipinski definition) is 1. The first kappa shape index (κ1) is 26.7. The fourth-order valence-corrected chi connectivity index (χ4v) is 6.72. The summed E-state index contributed by atoms with van der Waals surface area (Å²) in [7, 11) is 0. The Labute approximate surface area is 271 Å². The number of benzene rings is 8. The molecule has 2 heteroatoms. The lowest BCUT2D eigenvalue weighted by atomic mass is 9.94. The lowest BCUT2D eigenvalue weighted by molar-refractivity contribution is 1.29. The summed E-state index contributed by atoms with van der Waals surface area (Å²) in [6, 6.07) is 61.6. The van der Waals surface area contributed by atoms with Crippen LogP contribution in [0.15, 0.2) is 170 Å². The van der Waals surface area contributed by atoms with Crippen LogP contribution in [0.2, 0.25) is 0 Å². The minimum atomic E-state index is 1.12. The van der Waals surface area contributed by atoms with Gasteiger partial charge < -0.3 is 4.90 Å². The Bertz CT molecular complexity index is 2220. The Hall–Kier alpha value is -4.93. The van der Waals surface area contributed by atoms with E-state index in [1.54, 1.807) is 0 Å². The van der Waals surface area contributed by atoms with Gasteiger partial charge in [-0.05, 0) is 126 Å². The normalized spacial score (nSPS) is 11.3. The van der Waals surface area contributed by atoms with Gasteiger partial charge in [0, 0.05) is 20.6 Å². The van der Waals surface area contributed by atoms with Crippen LogP contribution in [0.25, 0.3) is 54.6 Å². The minimum absolute atomic E-state index is 1.12. The van der Waals surface area contributed by atoms with Crippen LogP contribution in [0.5, 0.6) is 0 Å². The molecule has 1 nitrogen and oxygen atoms in total. The molecule has 0 aliphatic rings. The van der Waals surface area contributed by atoms with Crippen LogP contribution in [0.4, 0.5) is 17.1 Å². The third-order valence-electron chi connectivity index (χ3n) is 8.52. The molecule has 0 heterocycles. The molecule has 8 aromatic rings. The van der Waals surface area contributed by atoms with E-state index in [1.807, 2.05) is 0 Å². The molecule has 0 radical (unpaired) electrons. The van der Waals surface area contributed by atoms with Crippen LogP contribution in [0.1, 0.15) is 0 Å². The van der Waals surface area contributed by atoms with Crippen molar-refractivity contribution >= 4 is 72.0 Å². The summed E-state index contributed by atoms with van der Waals surface area (Å²) < 4.78 is 1.24. The number of fused-ring (bicyclic) bond motifs is 6. The van der Waals surface area contributed by atoms with E-state index >= 15 is 0 Å². The van der Waals surface area contributed by atoms with Crippen molar-refractivity contribution in [3.8, 4) is 22.3 Å². The van der Waals surface area contributed by atoms with Crippen molar-refractivity contribution in [2.24, 2.45) is 0 Å². The molecule has 0 fully saturated rings. The van der Waals surface area contributed by atoms with Gasteiger partial charge in [-0.15, -0.1) is 0 Å². The topological polar surface area (TPSA) is 3.24 Å². The van der Waals surface area contributed by atoms with Gasteiger partial charge in [0.1, 0.15) is 0 Å². The van der Waals surface area contributed by atoms with Gasteiger partial charge in [0.2, 0.25) is 0 Å². The highest BCUT2D eigenvalue weighted by atomic mass is 127. The lowest BCUT2D eigenvalue weighted by Gasteiger charge is -2.26. The first-order chi connectivity index (χ1) is 21.7. The van der Waals surface area contributed by atoms with Crippen molar-refractivity contribution < 1.29 is 0 Å². The molecule has 0 aliphatic carbocycles. The fourth-order valence-electron chi connectivity index (χ4n) is 6.36. The van der Waals surface area contributed by atoms with E-state index in [1.165, 1.54) is 58.1 Å². The van der Waals surface area contributed by atoms with Crippen LogP contribution in [0, 0.1) is 3.57 Å². The highest BCUT2D eigenvalue weighted by Gasteiger charge is 2.16. The van der Waals surface area contributed by atoms with E-state index in [-0.39, 0.29) is 0 Å². The van der Waals surface area contributed by atoms with E-state index in [0.29, 0.717) is 0 Å². The largest absolute Gasteiger partial charge is 0.310 e. The highest BCUT2D eigenvalue weighted by Crippen LogP contribution is 2.41. The second kappa shape index (κ2) is 11.3. The molecule has 0 aromatic heterocycles. The van der Waals surface area contributed by atoms with Crippen molar-refractivity contribution in [3.63, 3.8) is 0 Å². The molecule has 0 saturated heterocycles. The number of rotatable bonds is 5. The van der Waals surface area contributed by atoms with Crippen LogP contribution < -0.4 is 4.90 Å². The Kier molecular flexibility index (Phi) is 6.85. The number of halogens is 1. The zero-order chi connectivity index (χ0) is 29.5.